The molecule has 88 valence electrons. The van der Waals surface area contributed by atoms with Crippen molar-refractivity contribution in [3.8, 4) is 0 Å². The van der Waals surface area contributed by atoms with E-state index >= 15 is 0 Å². The highest BCUT2D eigenvalue weighted by atomic mass is 16.2. The smallest absolute Gasteiger partial charge is 0.234 e. The minimum absolute atomic E-state index is 0.0178. The highest BCUT2D eigenvalue weighted by Gasteiger charge is 2.12. The molecule has 15 heavy (non-hydrogen) atoms. The SMILES string of the molecule is CCC(=O)CN(CC)CC(=O)NC(C)C. The lowest BCUT2D eigenvalue weighted by molar-refractivity contribution is -0.124. The van der Waals surface area contributed by atoms with E-state index < -0.39 is 0 Å². The van der Waals surface area contributed by atoms with Crippen molar-refractivity contribution in [2.45, 2.75) is 40.2 Å². The zero-order valence-corrected chi connectivity index (χ0v) is 10.2. The number of rotatable bonds is 7. The molecule has 0 spiro atoms. The summed E-state index contributed by atoms with van der Waals surface area (Å²) in [5.74, 6) is 0.157. The molecule has 4 nitrogen and oxygen atoms in total. The van der Waals surface area contributed by atoms with Crippen LogP contribution in [0.5, 0.6) is 0 Å². The molecule has 1 N–H and O–H groups in total. The van der Waals surface area contributed by atoms with Gasteiger partial charge < -0.3 is 5.32 Å². The van der Waals surface area contributed by atoms with Crippen LogP contribution in [-0.2, 0) is 9.59 Å². The van der Waals surface area contributed by atoms with Gasteiger partial charge >= 0.3 is 0 Å². The molecule has 1 amide bonds. The third-order valence-electron chi connectivity index (χ3n) is 2.06. The second-order valence-electron chi connectivity index (χ2n) is 3.92. The van der Waals surface area contributed by atoms with Crippen LogP contribution < -0.4 is 5.32 Å². The van der Waals surface area contributed by atoms with Crippen LogP contribution in [0.2, 0.25) is 0 Å². The largest absolute Gasteiger partial charge is 0.353 e. The predicted octanol–water partition coefficient (Wildman–Crippen LogP) is 0.812. The van der Waals surface area contributed by atoms with Gasteiger partial charge in [0.25, 0.3) is 0 Å². The van der Waals surface area contributed by atoms with Crippen LogP contribution in [0, 0.1) is 0 Å². The van der Waals surface area contributed by atoms with Crippen LogP contribution in [-0.4, -0.2) is 42.3 Å². The number of nitrogens with zero attached hydrogens (tertiary/aromatic N) is 1. The molecule has 0 radical (unpaired) electrons. The summed E-state index contributed by atoms with van der Waals surface area (Å²) in [5.41, 5.74) is 0. The first-order valence-corrected chi connectivity index (χ1v) is 5.53. The molecule has 0 aliphatic heterocycles. The van der Waals surface area contributed by atoms with Crippen molar-refractivity contribution in [2.75, 3.05) is 19.6 Å². The van der Waals surface area contributed by atoms with Gasteiger partial charge in [-0.1, -0.05) is 13.8 Å². The van der Waals surface area contributed by atoms with Gasteiger partial charge in [0.05, 0.1) is 13.1 Å². The highest BCUT2D eigenvalue weighted by molar-refractivity contribution is 5.82. The van der Waals surface area contributed by atoms with E-state index in [0.717, 1.165) is 6.54 Å². The summed E-state index contributed by atoms with van der Waals surface area (Å²) in [5, 5.41) is 2.81. The number of nitrogens with one attached hydrogen (secondary N) is 1. The Labute approximate surface area is 92.0 Å². The summed E-state index contributed by atoms with van der Waals surface area (Å²) in [6, 6.07) is 0.151. The minimum atomic E-state index is -0.0178. The van der Waals surface area contributed by atoms with Crippen LogP contribution in [0.4, 0.5) is 0 Å². The summed E-state index contributed by atoms with van der Waals surface area (Å²) < 4.78 is 0. The topological polar surface area (TPSA) is 49.4 Å². The van der Waals surface area contributed by atoms with Gasteiger partial charge in [-0.05, 0) is 20.4 Å². The van der Waals surface area contributed by atoms with E-state index in [4.69, 9.17) is 0 Å². The summed E-state index contributed by atoms with van der Waals surface area (Å²) in [7, 11) is 0. The van der Waals surface area contributed by atoms with Crippen molar-refractivity contribution in [2.24, 2.45) is 0 Å². The Kier molecular flexibility index (Phi) is 6.96. The number of carbonyl (C=O) groups excluding carboxylic acids is 2. The molecule has 0 fully saturated rings. The lowest BCUT2D eigenvalue weighted by Crippen LogP contribution is -2.41. The van der Waals surface area contributed by atoms with Gasteiger partial charge in [0.2, 0.25) is 5.91 Å². The van der Waals surface area contributed by atoms with Gasteiger partial charge in [-0.25, -0.2) is 0 Å². The summed E-state index contributed by atoms with van der Waals surface area (Å²) in [6.07, 6.45) is 0.530. The Balaban J connectivity index is 3.98. The van der Waals surface area contributed by atoms with Crippen molar-refractivity contribution in [1.29, 1.82) is 0 Å². The summed E-state index contributed by atoms with van der Waals surface area (Å²) in [6.45, 7) is 9.03. The maximum Gasteiger partial charge on any atom is 0.234 e. The average Bonchev–Trinajstić information content (AvgIpc) is 2.15. The first-order chi connectivity index (χ1) is 6.99. The number of Topliss-reactive ketones (excluding diaryl/α,β-unsaturated/α-hetero) is 1. The van der Waals surface area contributed by atoms with Crippen LogP contribution in [0.3, 0.4) is 0 Å². The molecule has 0 atom stereocenters. The number of ketones is 1. The Hall–Kier alpha value is -0.900. The minimum Gasteiger partial charge on any atom is -0.353 e. The van der Waals surface area contributed by atoms with Crippen molar-refractivity contribution < 1.29 is 9.59 Å². The maximum absolute atomic E-state index is 11.4. The third-order valence-corrected chi connectivity index (χ3v) is 2.06. The highest BCUT2D eigenvalue weighted by Crippen LogP contribution is 1.91. The number of likely N-dealkylation sites (N-methyl/N-ethyl adjacent to an activating group) is 1. The van der Waals surface area contributed by atoms with Crippen molar-refractivity contribution in [3.63, 3.8) is 0 Å². The molecule has 0 heterocycles. The molecule has 4 heteroatoms. The first kappa shape index (κ1) is 14.1. The van der Waals surface area contributed by atoms with Gasteiger partial charge in [0, 0.05) is 12.5 Å². The predicted molar refractivity (Wildman–Crippen MR) is 60.7 cm³/mol. The molecule has 0 unspecified atom stereocenters. The Morgan fingerprint density at radius 2 is 1.80 bits per heavy atom. The molecule has 0 aliphatic rings. The molecule has 0 rings (SSSR count). The second-order valence-corrected chi connectivity index (χ2v) is 3.92. The fraction of sp³-hybridized carbons (Fsp3) is 0.818. The summed E-state index contributed by atoms with van der Waals surface area (Å²) >= 11 is 0. The molecular formula is C11H22N2O2. The van der Waals surface area contributed by atoms with Gasteiger partial charge in [0.15, 0.2) is 0 Å². The number of hydrogen-bond donors (Lipinski definition) is 1. The van der Waals surface area contributed by atoms with E-state index in [-0.39, 0.29) is 17.7 Å². The van der Waals surface area contributed by atoms with Crippen LogP contribution >= 0.6 is 0 Å². The van der Waals surface area contributed by atoms with E-state index in [9.17, 15) is 9.59 Å². The summed E-state index contributed by atoms with van der Waals surface area (Å²) in [4.78, 5) is 24.5. The zero-order valence-electron chi connectivity index (χ0n) is 10.2. The normalized spacial score (nSPS) is 10.8. The van der Waals surface area contributed by atoms with E-state index in [2.05, 4.69) is 5.32 Å². The van der Waals surface area contributed by atoms with E-state index in [1.807, 2.05) is 32.6 Å². The fourth-order valence-corrected chi connectivity index (χ4v) is 1.21. The van der Waals surface area contributed by atoms with E-state index in [0.29, 0.717) is 19.5 Å². The Bertz CT molecular complexity index is 215. The number of carbonyl (C=O) groups is 2. The van der Waals surface area contributed by atoms with Crippen LogP contribution in [0.15, 0.2) is 0 Å². The molecule has 0 aromatic rings. The molecule has 0 saturated heterocycles. The molecule has 0 aromatic carbocycles. The zero-order chi connectivity index (χ0) is 11.8. The monoisotopic (exact) mass is 214 g/mol. The first-order valence-electron chi connectivity index (χ1n) is 5.53. The van der Waals surface area contributed by atoms with Gasteiger partial charge in [-0.15, -0.1) is 0 Å². The standard InChI is InChI=1S/C11H22N2O2/c1-5-10(14)7-13(6-2)8-11(15)12-9(3)4/h9H,5-8H2,1-4H3,(H,12,15). The average molecular weight is 214 g/mol. The lowest BCUT2D eigenvalue weighted by atomic mass is 10.3. The Morgan fingerprint density at radius 1 is 1.20 bits per heavy atom. The van der Waals surface area contributed by atoms with Crippen molar-refractivity contribution in [1.82, 2.24) is 10.2 Å². The van der Waals surface area contributed by atoms with Gasteiger partial charge in [-0.3, -0.25) is 14.5 Å². The quantitative estimate of drug-likeness (QED) is 0.682. The second kappa shape index (κ2) is 7.40. The van der Waals surface area contributed by atoms with Crippen LogP contribution in [0.25, 0.3) is 0 Å². The number of amides is 1. The maximum atomic E-state index is 11.4. The van der Waals surface area contributed by atoms with Crippen molar-refractivity contribution in [3.05, 3.63) is 0 Å². The Morgan fingerprint density at radius 3 is 2.20 bits per heavy atom. The molecule has 0 aromatic heterocycles. The molecular weight excluding hydrogens is 192 g/mol. The van der Waals surface area contributed by atoms with Crippen LogP contribution in [0.1, 0.15) is 34.1 Å². The number of hydrogen-bond acceptors (Lipinski definition) is 3. The van der Waals surface area contributed by atoms with E-state index in [1.165, 1.54) is 0 Å². The van der Waals surface area contributed by atoms with Gasteiger partial charge in [0.1, 0.15) is 5.78 Å². The fourth-order valence-electron chi connectivity index (χ4n) is 1.21. The molecule has 0 bridgehead atoms. The third kappa shape index (κ3) is 7.08. The lowest BCUT2D eigenvalue weighted by Gasteiger charge is -2.19. The molecule has 0 saturated carbocycles. The van der Waals surface area contributed by atoms with E-state index in [1.54, 1.807) is 0 Å². The molecule has 0 aliphatic carbocycles. The van der Waals surface area contributed by atoms with Crippen molar-refractivity contribution >= 4 is 11.7 Å². The van der Waals surface area contributed by atoms with Gasteiger partial charge in [-0.2, -0.15) is 0 Å².